The van der Waals surface area contributed by atoms with Crippen LogP contribution in [0.5, 0.6) is 0 Å². The summed E-state index contributed by atoms with van der Waals surface area (Å²) in [6.07, 6.45) is 0. The van der Waals surface area contributed by atoms with Crippen molar-refractivity contribution in [2.45, 2.75) is 11.8 Å². The molecule has 1 aliphatic heterocycles. The molecule has 0 saturated carbocycles. The van der Waals surface area contributed by atoms with Gasteiger partial charge in [0.2, 0.25) is 5.79 Å². The number of rotatable bonds is 2. The highest BCUT2D eigenvalue weighted by molar-refractivity contribution is 5.85. The Kier molecular flexibility index (Phi) is 5.01. The van der Waals surface area contributed by atoms with Crippen molar-refractivity contribution in [1.82, 2.24) is 4.90 Å². The molecular formula is C17H20ClNO2. The minimum atomic E-state index is -1.31. The van der Waals surface area contributed by atoms with Gasteiger partial charge in [0.25, 0.3) is 0 Å². The minimum Gasteiger partial charge on any atom is -0.360 e. The molecule has 4 heteroatoms. The third-order valence-corrected chi connectivity index (χ3v) is 3.88. The van der Waals surface area contributed by atoms with Crippen molar-refractivity contribution in [2.75, 3.05) is 20.2 Å². The summed E-state index contributed by atoms with van der Waals surface area (Å²) in [4.78, 5) is 2.14. The van der Waals surface area contributed by atoms with Crippen LogP contribution in [0.2, 0.25) is 0 Å². The normalized spacial score (nSPS) is 26.1. The summed E-state index contributed by atoms with van der Waals surface area (Å²) >= 11 is 0. The molecule has 2 unspecified atom stereocenters. The lowest BCUT2D eigenvalue weighted by atomic mass is 9.90. The molecule has 3 nitrogen and oxygen atoms in total. The van der Waals surface area contributed by atoms with Crippen molar-refractivity contribution in [2.24, 2.45) is 0 Å². The van der Waals surface area contributed by atoms with Gasteiger partial charge >= 0.3 is 0 Å². The van der Waals surface area contributed by atoms with E-state index in [4.69, 9.17) is 4.74 Å². The van der Waals surface area contributed by atoms with Crippen LogP contribution in [-0.4, -0.2) is 30.2 Å². The van der Waals surface area contributed by atoms with Gasteiger partial charge in [-0.15, -0.1) is 12.4 Å². The van der Waals surface area contributed by atoms with Crippen molar-refractivity contribution in [3.63, 3.8) is 0 Å². The Hall–Kier alpha value is -1.39. The number of ether oxygens (including phenoxy) is 1. The lowest BCUT2D eigenvalue weighted by Gasteiger charge is -2.45. The van der Waals surface area contributed by atoms with Gasteiger partial charge in [0.1, 0.15) is 0 Å². The highest BCUT2D eigenvalue weighted by Crippen LogP contribution is 2.42. The summed E-state index contributed by atoms with van der Waals surface area (Å²) in [5.41, 5.74) is 1.85. The van der Waals surface area contributed by atoms with Crippen LogP contribution in [0, 0.1) is 0 Å². The fourth-order valence-electron chi connectivity index (χ4n) is 2.89. The second-order valence-corrected chi connectivity index (χ2v) is 5.20. The van der Waals surface area contributed by atoms with Crippen LogP contribution in [-0.2, 0) is 10.5 Å². The number of morpholine rings is 1. The molecule has 1 fully saturated rings. The third-order valence-electron chi connectivity index (χ3n) is 3.88. The van der Waals surface area contributed by atoms with Crippen molar-refractivity contribution in [3.05, 3.63) is 71.8 Å². The Balaban J connectivity index is 0.00000161. The van der Waals surface area contributed by atoms with Crippen LogP contribution in [0.25, 0.3) is 0 Å². The molecule has 1 saturated heterocycles. The lowest BCUT2D eigenvalue weighted by Crippen LogP contribution is -2.50. The molecule has 0 spiro atoms. The van der Waals surface area contributed by atoms with E-state index in [0.29, 0.717) is 6.61 Å². The molecule has 2 aromatic rings. The molecule has 112 valence electrons. The van der Waals surface area contributed by atoms with E-state index in [1.165, 1.54) is 0 Å². The van der Waals surface area contributed by atoms with Crippen LogP contribution < -0.4 is 0 Å². The maximum Gasteiger partial charge on any atom is 0.212 e. The van der Waals surface area contributed by atoms with Gasteiger partial charge in [0, 0.05) is 12.1 Å². The Bertz CT molecular complexity index is 564. The van der Waals surface area contributed by atoms with E-state index in [2.05, 4.69) is 4.90 Å². The molecule has 1 aliphatic rings. The Morgan fingerprint density at radius 2 is 1.62 bits per heavy atom. The Labute approximate surface area is 131 Å². The molecule has 21 heavy (non-hydrogen) atoms. The highest BCUT2D eigenvalue weighted by atomic mass is 35.5. The Morgan fingerprint density at radius 3 is 2.24 bits per heavy atom. The Morgan fingerprint density at radius 1 is 1.05 bits per heavy atom. The number of hydrogen-bond donors (Lipinski definition) is 1. The average Bonchev–Trinajstić information content (AvgIpc) is 2.49. The predicted molar refractivity (Wildman–Crippen MR) is 85.4 cm³/mol. The second-order valence-electron chi connectivity index (χ2n) is 5.20. The van der Waals surface area contributed by atoms with Gasteiger partial charge in [-0.1, -0.05) is 60.7 Å². The first kappa shape index (κ1) is 16.0. The number of halogens is 1. The highest BCUT2D eigenvalue weighted by Gasteiger charge is 2.45. The summed E-state index contributed by atoms with van der Waals surface area (Å²) in [5, 5.41) is 11.2. The van der Waals surface area contributed by atoms with E-state index >= 15 is 0 Å². The topological polar surface area (TPSA) is 32.7 Å². The van der Waals surface area contributed by atoms with Crippen molar-refractivity contribution < 1.29 is 9.84 Å². The van der Waals surface area contributed by atoms with Gasteiger partial charge in [0.05, 0.1) is 12.6 Å². The van der Waals surface area contributed by atoms with E-state index < -0.39 is 5.79 Å². The molecule has 0 aliphatic carbocycles. The fourth-order valence-corrected chi connectivity index (χ4v) is 2.89. The van der Waals surface area contributed by atoms with Crippen LogP contribution in [0.4, 0.5) is 0 Å². The van der Waals surface area contributed by atoms with Crippen LogP contribution >= 0.6 is 12.4 Å². The quantitative estimate of drug-likeness (QED) is 0.926. The van der Waals surface area contributed by atoms with E-state index in [1.54, 1.807) is 0 Å². The van der Waals surface area contributed by atoms with Crippen LogP contribution in [0.1, 0.15) is 17.2 Å². The first-order valence-electron chi connectivity index (χ1n) is 6.89. The number of nitrogens with zero attached hydrogens (tertiary/aromatic N) is 1. The SMILES string of the molecule is CN1CCOC(O)(c2ccccc2)C1c1ccccc1.Cl. The molecule has 3 rings (SSSR count). The fraction of sp³-hybridized carbons (Fsp3) is 0.294. The largest absolute Gasteiger partial charge is 0.360 e. The molecule has 1 N–H and O–H groups in total. The minimum absolute atomic E-state index is 0. The smallest absolute Gasteiger partial charge is 0.212 e. The molecule has 0 amide bonds. The second kappa shape index (κ2) is 6.58. The van der Waals surface area contributed by atoms with Crippen molar-refractivity contribution in [3.8, 4) is 0 Å². The summed E-state index contributed by atoms with van der Waals surface area (Å²) in [7, 11) is 2.02. The van der Waals surface area contributed by atoms with Crippen LogP contribution in [0.3, 0.4) is 0 Å². The summed E-state index contributed by atoms with van der Waals surface area (Å²) in [6.45, 7) is 1.32. The maximum absolute atomic E-state index is 11.2. The van der Waals surface area contributed by atoms with Gasteiger partial charge in [-0.25, -0.2) is 0 Å². The predicted octanol–water partition coefficient (Wildman–Crippen LogP) is 2.96. The zero-order chi connectivity index (χ0) is 14.0. The van der Waals surface area contributed by atoms with Gasteiger partial charge < -0.3 is 9.84 Å². The number of likely N-dealkylation sites (N-methyl/N-ethyl adjacent to an activating group) is 1. The first-order valence-corrected chi connectivity index (χ1v) is 6.89. The zero-order valence-electron chi connectivity index (χ0n) is 12.0. The molecule has 2 atom stereocenters. The molecule has 0 bridgehead atoms. The first-order chi connectivity index (χ1) is 9.72. The van der Waals surface area contributed by atoms with E-state index in [9.17, 15) is 5.11 Å². The zero-order valence-corrected chi connectivity index (χ0v) is 12.8. The monoisotopic (exact) mass is 305 g/mol. The third kappa shape index (κ3) is 2.97. The molecular weight excluding hydrogens is 286 g/mol. The molecule has 0 radical (unpaired) electrons. The van der Waals surface area contributed by atoms with Crippen LogP contribution in [0.15, 0.2) is 60.7 Å². The number of aliphatic hydroxyl groups is 1. The van der Waals surface area contributed by atoms with E-state index in [0.717, 1.165) is 17.7 Å². The maximum atomic E-state index is 11.2. The molecule has 1 heterocycles. The average molecular weight is 306 g/mol. The molecule has 2 aromatic carbocycles. The van der Waals surface area contributed by atoms with Gasteiger partial charge in [-0.2, -0.15) is 0 Å². The van der Waals surface area contributed by atoms with E-state index in [-0.39, 0.29) is 18.4 Å². The van der Waals surface area contributed by atoms with Crippen molar-refractivity contribution in [1.29, 1.82) is 0 Å². The lowest BCUT2D eigenvalue weighted by molar-refractivity contribution is -0.278. The van der Waals surface area contributed by atoms with Gasteiger partial charge in [0.15, 0.2) is 0 Å². The summed E-state index contributed by atoms with van der Waals surface area (Å²) in [5.74, 6) is -1.31. The summed E-state index contributed by atoms with van der Waals surface area (Å²) < 4.78 is 5.80. The van der Waals surface area contributed by atoms with Gasteiger partial charge in [-0.3, -0.25) is 4.90 Å². The summed E-state index contributed by atoms with van der Waals surface area (Å²) in [6, 6.07) is 19.4. The van der Waals surface area contributed by atoms with E-state index in [1.807, 2.05) is 67.7 Å². The number of hydrogen-bond acceptors (Lipinski definition) is 3. The standard InChI is InChI=1S/C17H19NO2.ClH/c1-18-12-13-20-17(19,15-10-6-3-7-11-15)16(18)14-8-4-2-5-9-14;/h2-11,16,19H,12-13H2,1H3;1H. The number of benzene rings is 2. The van der Waals surface area contributed by atoms with Gasteiger partial charge in [-0.05, 0) is 12.6 Å². The molecule has 0 aromatic heterocycles. The van der Waals surface area contributed by atoms with Crippen molar-refractivity contribution >= 4 is 12.4 Å².